The van der Waals surface area contributed by atoms with E-state index in [0.29, 0.717) is 17.1 Å². The van der Waals surface area contributed by atoms with Crippen LogP contribution in [-0.2, 0) is 11.2 Å². The van der Waals surface area contributed by atoms with Crippen LogP contribution in [0.2, 0.25) is 0 Å². The molecule has 0 aliphatic heterocycles. The van der Waals surface area contributed by atoms with Gasteiger partial charge in [0, 0.05) is 16.2 Å². The van der Waals surface area contributed by atoms with Gasteiger partial charge in [-0.2, -0.15) is 12.6 Å². The lowest BCUT2D eigenvalue weighted by Gasteiger charge is -2.17. The SMILES string of the molecule is O=C(O)Cc1cccc(Oc2ccc(Br)cc2C(S)c2ccccn2)c1. The van der Waals surface area contributed by atoms with Crippen LogP contribution >= 0.6 is 28.6 Å². The minimum absolute atomic E-state index is 0.0481. The van der Waals surface area contributed by atoms with Crippen molar-refractivity contribution < 1.29 is 14.6 Å². The number of benzene rings is 2. The second-order valence-electron chi connectivity index (χ2n) is 5.66. The number of carboxylic acids is 1. The number of rotatable bonds is 6. The molecule has 6 heteroatoms. The molecule has 4 nitrogen and oxygen atoms in total. The quantitative estimate of drug-likeness (QED) is 0.523. The second kappa shape index (κ2) is 8.38. The standard InChI is InChI=1S/C20H16BrNO3S/c21-14-7-8-18(16(12-14)20(26)17-6-1-2-9-22-17)25-15-5-3-4-13(10-15)11-19(23)24/h1-10,12,20,26H,11H2,(H,23,24). The molecule has 0 saturated carbocycles. The van der Waals surface area contributed by atoms with E-state index in [9.17, 15) is 4.79 Å². The van der Waals surface area contributed by atoms with Gasteiger partial charge in [-0.3, -0.25) is 9.78 Å². The molecule has 26 heavy (non-hydrogen) atoms. The third-order valence-corrected chi connectivity index (χ3v) is 4.75. The zero-order valence-corrected chi connectivity index (χ0v) is 16.2. The van der Waals surface area contributed by atoms with E-state index in [1.807, 2.05) is 36.4 Å². The fraction of sp³-hybridized carbons (Fsp3) is 0.100. The van der Waals surface area contributed by atoms with Crippen LogP contribution in [0.5, 0.6) is 11.5 Å². The van der Waals surface area contributed by atoms with Crippen molar-refractivity contribution in [2.24, 2.45) is 0 Å². The minimum atomic E-state index is -0.878. The van der Waals surface area contributed by atoms with Crippen molar-refractivity contribution in [2.75, 3.05) is 0 Å². The average molecular weight is 430 g/mol. The highest BCUT2D eigenvalue weighted by atomic mass is 79.9. The van der Waals surface area contributed by atoms with Crippen molar-refractivity contribution in [2.45, 2.75) is 11.7 Å². The minimum Gasteiger partial charge on any atom is -0.481 e. The van der Waals surface area contributed by atoms with Gasteiger partial charge < -0.3 is 9.84 Å². The maximum atomic E-state index is 10.9. The van der Waals surface area contributed by atoms with Crippen molar-refractivity contribution >= 4 is 34.5 Å². The molecule has 132 valence electrons. The molecule has 3 aromatic rings. The number of halogens is 1. The number of carbonyl (C=O) groups is 1. The van der Waals surface area contributed by atoms with Gasteiger partial charge in [0.15, 0.2) is 0 Å². The van der Waals surface area contributed by atoms with Gasteiger partial charge in [-0.25, -0.2) is 0 Å². The molecule has 0 aliphatic carbocycles. The van der Waals surface area contributed by atoms with Crippen molar-refractivity contribution in [1.82, 2.24) is 4.98 Å². The van der Waals surface area contributed by atoms with Gasteiger partial charge in [-0.15, -0.1) is 0 Å². The van der Waals surface area contributed by atoms with Crippen LogP contribution in [0.25, 0.3) is 0 Å². The molecule has 1 heterocycles. The highest BCUT2D eigenvalue weighted by Crippen LogP contribution is 2.37. The molecule has 0 spiro atoms. The van der Waals surface area contributed by atoms with Crippen LogP contribution in [0.15, 0.2) is 71.3 Å². The van der Waals surface area contributed by atoms with E-state index in [1.54, 1.807) is 30.5 Å². The molecule has 0 saturated heterocycles. The van der Waals surface area contributed by atoms with Gasteiger partial charge in [0.25, 0.3) is 0 Å². The Morgan fingerprint density at radius 2 is 2.00 bits per heavy atom. The first-order chi connectivity index (χ1) is 12.5. The highest BCUT2D eigenvalue weighted by molar-refractivity contribution is 9.10. The Bertz CT molecular complexity index is 918. The molecule has 1 unspecified atom stereocenters. The highest BCUT2D eigenvalue weighted by Gasteiger charge is 2.17. The molecule has 0 bridgehead atoms. The number of carboxylic acid groups (broad SMARTS) is 1. The van der Waals surface area contributed by atoms with Crippen LogP contribution in [0.3, 0.4) is 0 Å². The van der Waals surface area contributed by atoms with Gasteiger partial charge in [0.05, 0.1) is 17.4 Å². The summed E-state index contributed by atoms with van der Waals surface area (Å²) in [6.07, 6.45) is 1.68. The Hall–Kier alpha value is -2.31. The van der Waals surface area contributed by atoms with Gasteiger partial charge in [0.2, 0.25) is 0 Å². The molecule has 1 atom stereocenters. The van der Waals surface area contributed by atoms with E-state index in [2.05, 4.69) is 20.9 Å². The molecular formula is C20H16BrNO3S. The van der Waals surface area contributed by atoms with Crippen LogP contribution in [0.1, 0.15) is 22.1 Å². The van der Waals surface area contributed by atoms with Crippen LogP contribution < -0.4 is 4.74 Å². The normalized spacial score (nSPS) is 11.8. The Labute approximate surface area is 165 Å². The number of ether oxygens (including phenoxy) is 1. The first-order valence-electron chi connectivity index (χ1n) is 7.90. The molecule has 0 radical (unpaired) electrons. The lowest BCUT2D eigenvalue weighted by atomic mass is 10.1. The van der Waals surface area contributed by atoms with Crippen LogP contribution in [0, 0.1) is 0 Å². The van der Waals surface area contributed by atoms with Crippen molar-refractivity contribution in [3.63, 3.8) is 0 Å². The molecule has 0 amide bonds. The molecular weight excluding hydrogens is 414 g/mol. The molecule has 1 N–H and O–H groups in total. The molecule has 1 aromatic heterocycles. The third-order valence-electron chi connectivity index (χ3n) is 3.72. The van der Waals surface area contributed by atoms with Crippen molar-refractivity contribution in [3.8, 4) is 11.5 Å². The number of hydrogen-bond donors (Lipinski definition) is 2. The summed E-state index contributed by atoms with van der Waals surface area (Å²) in [7, 11) is 0. The number of pyridine rings is 1. The average Bonchev–Trinajstić information content (AvgIpc) is 2.63. The second-order valence-corrected chi connectivity index (χ2v) is 7.09. The first-order valence-corrected chi connectivity index (χ1v) is 9.21. The lowest BCUT2D eigenvalue weighted by Crippen LogP contribution is -2.01. The summed E-state index contributed by atoms with van der Waals surface area (Å²) in [5, 5.41) is 8.70. The maximum absolute atomic E-state index is 10.9. The number of aliphatic carboxylic acids is 1. The molecule has 3 rings (SSSR count). The van der Waals surface area contributed by atoms with E-state index >= 15 is 0 Å². The Morgan fingerprint density at radius 1 is 1.15 bits per heavy atom. The van der Waals surface area contributed by atoms with Gasteiger partial charge in [0.1, 0.15) is 11.5 Å². The number of nitrogens with zero attached hydrogens (tertiary/aromatic N) is 1. The van der Waals surface area contributed by atoms with Gasteiger partial charge in [-0.1, -0.05) is 34.1 Å². The van der Waals surface area contributed by atoms with E-state index in [4.69, 9.17) is 22.5 Å². The summed E-state index contributed by atoms with van der Waals surface area (Å²) < 4.78 is 6.95. The Morgan fingerprint density at radius 3 is 2.73 bits per heavy atom. The third kappa shape index (κ3) is 4.65. The summed E-state index contributed by atoms with van der Waals surface area (Å²) in [6.45, 7) is 0. The number of aromatic nitrogens is 1. The zero-order chi connectivity index (χ0) is 18.5. The van der Waals surface area contributed by atoms with Crippen LogP contribution in [0.4, 0.5) is 0 Å². The van der Waals surface area contributed by atoms with E-state index in [-0.39, 0.29) is 11.7 Å². The first kappa shape index (κ1) is 18.5. The van der Waals surface area contributed by atoms with Crippen molar-refractivity contribution in [1.29, 1.82) is 0 Å². The smallest absolute Gasteiger partial charge is 0.307 e. The largest absolute Gasteiger partial charge is 0.481 e. The molecule has 2 aromatic carbocycles. The van der Waals surface area contributed by atoms with E-state index < -0.39 is 5.97 Å². The van der Waals surface area contributed by atoms with Crippen LogP contribution in [-0.4, -0.2) is 16.1 Å². The summed E-state index contributed by atoms with van der Waals surface area (Å²) in [5.41, 5.74) is 2.37. The Kier molecular flexibility index (Phi) is 5.96. The lowest BCUT2D eigenvalue weighted by molar-refractivity contribution is -0.136. The van der Waals surface area contributed by atoms with E-state index in [1.165, 1.54) is 0 Å². The number of hydrogen-bond acceptors (Lipinski definition) is 4. The van der Waals surface area contributed by atoms with Gasteiger partial charge in [-0.05, 0) is 48.0 Å². The summed E-state index contributed by atoms with van der Waals surface area (Å²) >= 11 is 8.20. The van der Waals surface area contributed by atoms with Gasteiger partial charge >= 0.3 is 5.97 Å². The summed E-state index contributed by atoms with van der Waals surface area (Å²) in [6, 6.07) is 18.4. The summed E-state index contributed by atoms with van der Waals surface area (Å²) in [5.74, 6) is 0.345. The fourth-order valence-corrected chi connectivity index (χ4v) is 3.28. The molecule has 0 aliphatic rings. The fourth-order valence-electron chi connectivity index (χ4n) is 2.54. The predicted molar refractivity (Wildman–Crippen MR) is 107 cm³/mol. The van der Waals surface area contributed by atoms with Crippen molar-refractivity contribution in [3.05, 3.63) is 88.2 Å². The topological polar surface area (TPSA) is 59.4 Å². The van der Waals surface area contributed by atoms with E-state index in [0.717, 1.165) is 15.7 Å². The number of thiol groups is 1. The maximum Gasteiger partial charge on any atom is 0.307 e. The predicted octanol–water partition coefficient (Wildman–Crippen LogP) is 5.28. The Balaban J connectivity index is 1.92. The monoisotopic (exact) mass is 429 g/mol. The molecule has 0 fully saturated rings. The summed E-state index contributed by atoms with van der Waals surface area (Å²) in [4.78, 5) is 15.3. The zero-order valence-electron chi connectivity index (χ0n) is 13.7.